The van der Waals surface area contributed by atoms with Crippen LogP contribution in [-0.2, 0) is 16.6 Å². The molecule has 7 nitrogen and oxygen atoms in total. The highest BCUT2D eigenvalue weighted by atomic mass is 32.2. The van der Waals surface area contributed by atoms with Crippen LogP contribution in [0.5, 0.6) is 5.75 Å². The summed E-state index contributed by atoms with van der Waals surface area (Å²) in [6.45, 7) is 3.37. The molecule has 23 heavy (non-hydrogen) atoms. The summed E-state index contributed by atoms with van der Waals surface area (Å²) >= 11 is 1.57. The average molecular weight is 356 g/mol. The van der Waals surface area contributed by atoms with Gasteiger partial charge in [-0.3, -0.25) is 0 Å². The first-order chi connectivity index (χ1) is 10.9. The third-order valence-electron chi connectivity index (χ3n) is 3.11. The Morgan fingerprint density at radius 3 is 2.57 bits per heavy atom. The van der Waals surface area contributed by atoms with E-state index in [9.17, 15) is 8.42 Å². The van der Waals surface area contributed by atoms with E-state index >= 15 is 0 Å². The summed E-state index contributed by atoms with van der Waals surface area (Å²) in [7, 11) is -0.389. The highest BCUT2D eigenvalue weighted by Crippen LogP contribution is 2.19. The van der Waals surface area contributed by atoms with E-state index in [1.165, 1.54) is 18.4 Å². The van der Waals surface area contributed by atoms with E-state index in [0.29, 0.717) is 12.4 Å². The molecule has 0 aliphatic rings. The molecule has 2 aromatic rings. The fourth-order valence-corrected chi connectivity index (χ4v) is 3.48. The average Bonchev–Trinajstić information content (AvgIpc) is 2.99. The van der Waals surface area contributed by atoms with E-state index in [0.717, 1.165) is 17.5 Å². The maximum Gasteiger partial charge on any atom is 0.242 e. The zero-order chi connectivity index (χ0) is 16.9. The van der Waals surface area contributed by atoms with E-state index in [-0.39, 0.29) is 4.90 Å². The second-order valence-electron chi connectivity index (χ2n) is 4.86. The van der Waals surface area contributed by atoms with E-state index in [4.69, 9.17) is 4.74 Å². The number of benzene rings is 1. The van der Waals surface area contributed by atoms with Gasteiger partial charge < -0.3 is 9.30 Å². The Morgan fingerprint density at radius 2 is 1.96 bits per heavy atom. The Kier molecular flexibility index (Phi) is 6.03. The van der Waals surface area contributed by atoms with E-state index in [1.54, 1.807) is 42.4 Å². The molecule has 0 bridgehead atoms. The van der Waals surface area contributed by atoms with Crippen molar-refractivity contribution in [1.82, 2.24) is 19.1 Å². The number of hydrogen-bond donors (Lipinski definition) is 0. The highest BCUT2D eigenvalue weighted by Gasteiger charge is 2.16. The molecule has 126 valence electrons. The molecule has 0 unspecified atom stereocenters. The molecule has 9 heteroatoms. The molecule has 0 aliphatic carbocycles. The van der Waals surface area contributed by atoms with Gasteiger partial charge in [0.2, 0.25) is 10.0 Å². The number of aromatic nitrogens is 3. The van der Waals surface area contributed by atoms with Crippen molar-refractivity contribution in [2.45, 2.75) is 23.5 Å². The third-order valence-corrected chi connectivity index (χ3v) is 5.88. The zero-order valence-corrected chi connectivity index (χ0v) is 15.0. The molecular formula is C14H20N4O3S2. The Balaban J connectivity index is 1.85. The van der Waals surface area contributed by atoms with Crippen molar-refractivity contribution in [1.29, 1.82) is 0 Å². The molecule has 0 fully saturated rings. The molecule has 0 atom stereocenters. The molecular weight excluding hydrogens is 336 g/mol. The van der Waals surface area contributed by atoms with Crippen LogP contribution < -0.4 is 4.74 Å². The summed E-state index contributed by atoms with van der Waals surface area (Å²) in [6.07, 6.45) is 1.70. The quantitative estimate of drug-likeness (QED) is 0.529. The Morgan fingerprint density at radius 1 is 1.26 bits per heavy atom. The molecule has 0 saturated carbocycles. The van der Waals surface area contributed by atoms with Gasteiger partial charge in [-0.15, -0.1) is 10.2 Å². The first-order valence-corrected chi connectivity index (χ1v) is 9.53. The van der Waals surface area contributed by atoms with Gasteiger partial charge in [0.15, 0.2) is 5.16 Å². The predicted molar refractivity (Wildman–Crippen MR) is 89.2 cm³/mol. The van der Waals surface area contributed by atoms with Gasteiger partial charge >= 0.3 is 0 Å². The van der Waals surface area contributed by atoms with Crippen molar-refractivity contribution in [3.8, 4) is 5.75 Å². The summed E-state index contributed by atoms with van der Waals surface area (Å²) in [5.41, 5.74) is 0. The normalized spacial score (nSPS) is 11.8. The number of aryl methyl sites for hydroxylation is 1. The summed E-state index contributed by atoms with van der Waals surface area (Å²) in [5, 5.41) is 8.77. The summed E-state index contributed by atoms with van der Waals surface area (Å²) in [6, 6.07) is 6.42. The van der Waals surface area contributed by atoms with Crippen molar-refractivity contribution in [3.63, 3.8) is 0 Å². The van der Waals surface area contributed by atoms with Crippen LogP contribution >= 0.6 is 11.8 Å². The number of nitrogens with zero attached hydrogens (tertiary/aromatic N) is 4. The summed E-state index contributed by atoms with van der Waals surface area (Å²) in [5.74, 6) is 1.37. The van der Waals surface area contributed by atoms with Crippen LogP contribution in [0.2, 0.25) is 0 Å². The standard InChI is InChI=1S/C14H20N4O3S2/c1-4-18-11-15-16-14(18)22-10-9-21-12-5-7-13(8-6-12)23(19,20)17(2)3/h5-8,11H,4,9-10H2,1-3H3. The smallest absolute Gasteiger partial charge is 0.242 e. The second-order valence-corrected chi connectivity index (χ2v) is 8.07. The maximum atomic E-state index is 12.0. The van der Waals surface area contributed by atoms with Crippen LogP contribution in [0, 0.1) is 0 Å². The van der Waals surface area contributed by atoms with Crippen LogP contribution in [0.4, 0.5) is 0 Å². The summed E-state index contributed by atoms with van der Waals surface area (Å²) in [4.78, 5) is 0.250. The lowest BCUT2D eigenvalue weighted by molar-refractivity contribution is 0.343. The molecule has 0 aliphatic heterocycles. The molecule has 1 aromatic heterocycles. The lowest BCUT2D eigenvalue weighted by Gasteiger charge is -2.12. The van der Waals surface area contributed by atoms with Crippen molar-refractivity contribution < 1.29 is 13.2 Å². The zero-order valence-electron chi connectivity index (χ0n) is 13.3. The molecule has 0 radical (unpaired) electrons. The van der Waals surface area contributed by atoms with Crippen LogP contribution in [0.3, 0.4) is 0 Å². The van der Waals surface area contributed by atoms with Gasteiger partial charge in [0.05, 0.1) is 11.5 Å². The van der Waals surface area contributed by atoms with Crippen molar-refractivity contribution in [3.05, 3.63) is 30.6 Å². The van der Waals surface area contributed by atoms with Gasteiger partial charge in [-0.05, 0) is 31.2 Å². The Bertz CT molecular complexity index is 727. The fourth-order valence-electron chi connectivity index (χ4n) is 1.78. The van der Waals surface area contributed by atoms with Crippen molar-refractivity contribution >= 4 is 21.8 Å². The molecule has 0 spiro atoms. The minimum absolute atomic E-state index is 0.250. The predicted octanol–water partition coefficient (Wildman–Crippen LogP) is 1.72. The van der Waals surface area contributed by atoms with E-state index < -0.39 is 10.0 Å². The minimum Gasteiger partial charge on any atom is -0.493 e. The SMILES string of the molecule is CCn1cnnc1SCCOc1ccc(S(=O)(=O)N(C)C)cc1. The van der Waals surface area contributed by atoms with Gasteiger partial charge in [0, 0.05) is 26.4 Å². The lowest BCUT2D eigenvalue weighted by Crippen LogP contribution is -2.22. The van der Waals surface area contributed by atoms with Gasteiger partial charge in [0.1, 0.15) is 12.1 Å². The number of thioether (sulfide) groups is 1. The molecule has 0 saturated heterocycles. The van der Waals surface area contributed by atoms with E-state index in [2.05, 4.69) is 10.2 Å². The largest absolute Gasteiger partial charge is 0.493 e. The Labute approximate surface area is 140 Å². The van der Waals surface area contributed by atoms with Crippen molar-refractivity contribution in [2.75, 3.05) is 26.5 Å². The van der Waals surface area contributed by atoms with Gasteiger partial charge in [0.25, 0.3) is 0 Å². The highest BCUT2D eigenvalue weighted by molar-refractivity contribution is 7.99. The number of rotatable bonds is 8. The van der Waals surface area contributed by atoms with Crippen molar-refractivity contribution in [2.24, 2.45) is 0 Å². The monoisotopic (exact) mass is 356 g/mol. The Hall–Kier alpha value is -1.58. The van der Waals surface area contributed by atoms with Crippen LogP contribution in [0.25, 0.3) is 0 Å². The number of ether oxygens (including phenoxy) is 1. The van der Waals surface area contributed by atoms with Crippen LogP contribution in [0.15, 0.2) is 40.6 Å². The number of hydrogen-bond acceptors (Lipinski definition) is 6. The number of sulfonamides is 1. The third kappa shape index (κ3) is 4.46. The topological polar surface area (TPSA) is 77.3 Å². The van der Waals surface area contributed by atoms with Gasteiger partial charge in [-0.2, -0.15) is 0 Å². The molecule has 0 N–H and O–H groups in total. The molecule has 2 rings (SSSR count). The van der Waals surface area contributed by atoms with E-state index in [1.807, 2.05) is 11.5 Å². The van der Waals surface area contributed by atoms with Crippen LogP contribution in [-0.4, -0.2) is 53.9 Å². The van der Waals surface area contributed by atoms with Gasteiger partial charge in [-0.1, -0.05) is 11.8 Å². The maximum absolute atomic E-state index is 12.0. The fraction of sp³-hybridized carbons (Fsp3) is 0.429. The molecule has 0 amide bonds. The summed E-state index contributed by atoms with van der Waals surface area (Å²) < 4.78 is 32.7. The molecule has 1 aromatic carbocycles. The van der Waals surface area contributed by atoms with Crippen LogP contribution in [0.1, 0.15) is 6.92 Å². The second kappa shape index (κ2) is 7.80. The molecule has 1 heterocycles. The first kappa shape index (κ1) is 17.8. The van der Waals surface area contributed by atoms with Gasteiger partial charge in [-0.25, -0.2) is 12.7 Å². The minimum atomic E-state index is -3.40. The first-order valence-electron chi connectivity index (χ1n) is 7.11. The lowest BCUT2D eigenvalue weighted by atomic mass is 10.3.